The van der Waals surface area contributed by atoms with Crippen LogP contribution in [0.5, 0.6) is 11.5 Å². The number of benzene rings is 7. The Hall–Kier alpha value is -6.95. The molecule has 0 aliphatic carbocycles. The Labute approximate surface area is 372 Å². The second kappa shape index (κ2) is 14.0. The van der Waals surface area contributed by atoms with Gasteiger partial charge in [0.25, 0.3) is 6.33 Å². The molecule has 62 heavy (non-hydrogen) atoms. The van der Waals surface area contributed by atoms with Gasteiger partial charge >= 0.3 is 0 Å². The fraction of sp³-hybridized carbons (Fsp3) is 0.111. The van der Waals surface area contributed by atoms with Crippen LogP contribution in [0.25, 0.3) is 93.6 Å². The summed E-state index contributed by atoms with van der Waals surface area (Å²) in [5.74, 6) is 1.99. The largest absolute Gasteiger partial charge is 0.510 e. The predicted octanol–water partition coefficient (Wildman–Crippen LogP) is 12.2. The van der Waals surface area contributed by atoms with Crippen LogP contribution in [0.2, 0.25) is 0 Å². The molecule has 5 aromatic heterocycles. The predicted molar refractivity (Wildman–Crippen MR) is 247 cm³/mol. The van der Waals surface area contributed by atoms with Crippen molar-refractivity contribution in [3.63, 3.8) is 0 Å². The van der Waals surface area contributed by atoms with Gasteiger partial charge in [-0.25, -0.2) is 4.98 Å². The van der Waals surface area contributed by atoms with E-state index < -0.39 is 0 Å². The maximum atomic E-state index is 6.75. The van der Waals surface area contributed by atoms with Crippen molar-refractivity contribution < 1.29 is 30.4 Å². The molecule has 0 spiro atoms. The molecule has 0 bridgehead atoms. The molecule has 7 nitrogen and oxygen atoms in total. The number of hydrogen-bond donors (Lipinski definition) is 0. The van der Waals surface area contributed by atoms with E-state index in [1.165, 1.54) is 43.7 Å². The molecule has 5 heterocycles. The van der Waals surface area contributed by atoms with Gasteiger partial charge in [-0.15, -0.1) is 24.3 Å². The minimum absolute atomic E-state index is 0. The minimum Gasteiger partial charge on any atom is -0.510 e. The average molecular weight is 984 g/mol. The summed E-state index contributed by atoms with van der Waals surface area (Å²) in [4.78, 5) is 5.11. The Morgan fingerprint density at radius 1 is 0.581 bits per heavy atom. The number of pyridine rings is 1. The quantitative estimate of drug-likeness (QED) is 0.127. The molecular weight excluding hydrogens is 944 g/mol. The monoisotopic (exact) mass is 983 g/mol. The van der Waals surface area contributed by atoms with Gasteiger partial charge in [-0.2, -0.15) is 18.2 Å². The summed E-state index contributed by atoms with van der Waals surface area (Å²) < 4.78 is 17.9. The molecule has 0 radical (unpaired) electrons. The van der Waals surface area contributed by atoms with Gasteiger partial charge in [-0.3, -0.25) is 4.57 Å². The number of aryl methyl sites for hydroxylation is 2. The van der Waals surface area contributed by atoms with Crippen molar-refractivity contribution in [2.75, 3.05) is 0 Å². The molecule has 8 heteroatoms. The fourth-order valence-corrected chi connectivity index (χ4v) is 9.57. The van der Waals surface area contributed by atoms with Crippen LogP contribution in [0.1, 0.15) is 26.3 Å². The molecule has 7 aromatic carbocycles. The first-order valence-corrected chi connectivity index (χ1v) is 20.7. The minimum atomic E-state index is -0.0871. The van der Waals surface area contributed by atoms with Crippen molar-refractivity contribution in [2.45, 2.75) is 26.2 Å². The van der Waals surface area contributed by atoms with Gasteiger partial charge < -0.3 is 23.0 Å². The first-order valence-electron chi connectivity index (χ1n) is 20.7. The number of imidazole rings is 1. The molecule has 304 valence electrons. The maximum absolute atomic E-state index is 6.75. The summed E-state index contributed by atoms with van der Waals surface area (Å²) >= 11 is 0. The Balaban J connectivity index is 0.00000432. The maximum Gasteiger partial charge on any atom is 0.268 e. The van der Waals surface area contributed by atoms with Crippen molar-refractivity contribution >= 4 is 76.5 Å². The van der Waals surface area contributed by atoms with E-state index in [0.29, 0.717) is 11.5 Å². The number of nitrogens with zero attached hydrogens (tertiary/aromatic N) is 6. The van der Waals surface area contributed by atoms with Gasteiger partial charge in [0.15, 0.2) is 0 Å². The number of fused-ring (bicyclic) bond motifs is 13. The van der Waals surface area contributed by atoms with Crippen molar-refractivity contribution in [3.05, 3.63) is 176 Å². The molecule has 12 aromatic rings. The summed E-state index contributed by atoms with van der Waals surface area (Å²) in [6.45, 7) is 6.74. The first kappa shape index (κ1) is 38.0. The van der Waals surface area contributed by atoms with Crippen LogP contribution >= 0.6 is 0 Å². The first-order chi connectivity index (χ1) is 29.7. The van der Waals surface area contributed by atoms with Crippen molar-refractivity contribution in [2.24, 2.45) is 14.1 Å². The Morgan fingerprint density at radius 2 is 1.23 bits per heavy atom. The molecule has 0 atom stereocenters. The van der Waals surface area contributed by atoms with E-state index in [2.05, 4.69) is 175 Å². The molecule has 0 saturated heterocycles. The van der Waals surface area contributed by atoms with Gasteiger partial charge in [0.1, 0.15) is 5.82 Å². The van der Waals surface area contributed by atoms with E-state index in [4.69, 9.17) is 9.72 Å². The van der Waals surface area contributed by atoms with E-state index in [0.717, 1.165) is 55.5 Å². The van der Waals surface area contributed by atoms with Gasteiger partial charge in [-0.05, 0) is 58.5 Å². The van der Waals surface area contributed by atoms with Crippen LogP contribution in [0.15, 0.2) is 152 Å². The smallest absolute Gasteiger partial charge is 0.268 e. The third kappa shape index (κ3) is 5.54. The van der Waals surface area contributed by atoms with Crippen molar-refractivity contribution in [1.82, 2.24) is 23.3 Å². The number of rotatable bonds is 5. The molecular formula is C54H40N6OPt-2. The van der Waals surface area contributed by atoms with Gasteiger partial charge in [-0.1, -0.05) is 111 Å². The average Bonchev–Trinajstić information content (AvgIpc) is 4.01. The van der Waals surface area contributed by atoms with E-state index in [9.17, 15) is 0 Å². The summed E-state index contributed by atoms with van der Waals surface area (Å²) in [5, 5.41) is 7.18. The van der Waals surface area contributed by atoms with E-state index >= 15 is 0 Å². The Morgan fingerprint density at radius 3 is 1.97 bits per heavy atom. The molecule has 0 N–H and O–H groups in total. The van der Waals surface area contributed by atoms with Crippen LogP contribution in [0, 0.1) is 18.5 Å². The molecule has 0 saturated carbocycles. The summed E-state index contributed by atoms with van der Waals surface area (Å²) in [7, 11) is 4.38. The third-order valence-corrected chi connectivity index (χ3v) is 12.4. The fourth-order valence-electron chi connectivity index (χ4n) is 9.57. The van der Waals surface area contributed by atoms with E-state index in [1.54, 1.807) is 0 Å². The molecule has 0 aliphatic heterocycles. The number of ether oxygens (including phenoxy) is 1. The molecule has 0 unspecified atom stereocenters. The summed E-state index contributed by atoms with van der Waals surface area (Å²) in [5.41, 5.74) is 11.7. The third-order valence-electron chi connectivity index (χ3n) is 12.4. The number of hydrogen-bond acceptors (Lipinski definition) is 2. The van der Waals surface area contributed by atoms with Gasteiger partial charge in [0, 0.05) is 91.0 Å². The Kier molecular flexibility index (Phi) is 8.61. The summed E-state index contributed by atoms with van der Waals surface area (Å²) in [6, 6.07) is 58.1. The standard InChI is InChI=1S/C54H40N6O.Pt/c1-54(2,3)34-28-29-55-47(30-34)60-46-32-38(61-37-19-15-18-36(31-37)59-33-58(35-16-7-6-8-17-35)44-24-13-14-25-45(44)59)26-27-41(46)50-51-48(39-20-9-11-22-42(39)56(51)4)49-40-21-10-12-23-43(40)57(5)52(49)53(50)60;/h6-30H,1-5H3;/q-2;. The van der Waals surface area contributed by atoms with E-state index in [-0.39, 0.29) is 26.5 Å². The summed E-state index contributed by atoms with van der Waals surface area (Å²) in [6.07, 6.45) is 5.51. The second-order valence-electron chi connectivity index (χ2n) is 17.0. The van der Waals surface area contributed by atoms with Crippen LogP contribution in [0.3, 0.4) is 0 Å². The molecule has 12 rings (SSSR count). The zero-order valence-corrected chi connectivity index (χ0v) is 37.1. The number of para-hydroxylation sites is 5. The Bertz CT molecular complexity index is 3750. The van der Waals surface area contributed by atoms with Crippen molar-refractivity contribution in [1.29, 1.82) is 0 Å². The van der Waals surface area contributed by atoms with Crippen LogP contribution in [-0.4, -0.2) is 23.3 Å². The topological polar surface area (TPSA) is 45.7 Å². The van der Waals surface area contributed by atoms with Crippen molar-refractivity contribution in [3.8, 4) is 28.7 Å². The van der Waals surface area contributed by atoms with E-state index in [1.807, 2.05) is 53.2 Å². The van der Waals surface area contributed by atoms with Gasteiger partial charge in [0.2, 0.25) is 0 Å². The van der Waals surface area contributed by atoms with Gasteiger partial charge in [0.05, 0.1) is 27.8 Å². The zero-order chi connectivity index (χ0) is 41.1. The normalized spacial score (nSPS) is 12.1. The van der Waals surface area contributed by atoms with Crippen LogP contribution < -0.4 is 9.30 Å². The second-order valence-corrected chi connectivity index (χ2v) is 17.0. The molecule has 0 fully saturated rings. The van der Waals surface area contributed by atoms with Crippen LogP contribution in [0.4, 0.5) is 0 Å². The number of aromatic nitrogens is 6. The van der Waals surface area contributed by atoms with Crippen LogP contribution in [-0.2, 0) is 40.6 Å². The molecule has 0 amide bonds. The zero-order valence-electron chi connectivity index (χ0n) is 34.8. The molecule has 0 aliphatic rings. The SMILES string of the molecule is Cn1c2ccccc2c2c3c4ccccc4n(C)c3c3c(c4ccc(Oc5[c-]c(-[n+]6[c-]n(-c7ccccc7)c7ccccc76)ccc5)[c-]c4n3-c3cc(C(C)(C)C)ccn3)c21.[Pt].